The maximum atomic E-state index is 2.12. The fraction of sp³-hybridized carbons (Fsp3) is 0. The van der Waals surface area contributed by atoms with Gasteiger partial charge in [-0.2, -0.15) is 17.5 Å². The largest absolute Gasteiger partial charge is 3.00 e. The Morgan fingerprint density at radius 1 is 0.917 bits per heavy atom. The summed E-state index contributed by atoms with van der Waals surface area (Å²) < 4.78 is 0. The Balaban J connectivity index is 0. The van der Waals surface area contributed by atoms with Crippen LogP contribution in [0.5, 0.6) is 0 Å². The van der Waals surface area contributed by atoms with E-state index >= 15 is 0 Å². The Labute approximate surface area is 106 Å². The van der Waals surface area contributed by atoms with E-state index in [4.69, 9.17) is 0 Å². The van der Waals surface area contributed by atoms with E-state index in [1.54, 1.807) is 0 Å². The van der Waals surface area contributed by atoms with Crippen molar-refractivity contribution < 1.29 is 53.4 Å². The molecule has 0 atom stereocenters. The van der Waals surface area contributed by atoms with E-state index in [2.05, 4.69) is 42.5 Å². The number of benzene rings is 1. The summed E-state index contributed by atoms with van der Waals surface area (Å²) in [6, 6.07) is 14.7. The van der Waals surface area contributed by atoms with Crippen LogP contribution >= 0.6 is 0 Å². The maximum Gasteiger partial charge on any atom is 3.00 e. The van der Waals surface area contributed by atoms with Crippen LogP contribution in [0.4, 0.5) is 0 Å². The molecule has 0 nitrogen and oxygen atoms in total. The van der Waals surface area contributed by atoms with Crippen molar-refractivity contribution in [3.8, 4) is 0 Å². The maximum absolute atomic E-state index is 2.12. The summed E-state index contributed by atoms with van der Waals surface area (Å²) in [6.07, 6.45) is 0. The second-order valence-corrected chi connectivity index (χ2v) is 2.15. The number of hydrogen-bond donors (Lipinski definition) is 0. The summed E-state index contributed by atoms with van der Waals surface area (Å²) in [6.45, 7) is 0. The molecule has 0 saturated carbocycles. The van der Waals surface area contributed by atoms with Gasteiger partial charge < -0.3 is 34.0 Å². The van der Waals surface area contributed by atoms with Gasteiger partial charge in [0, 0.05) is 0 Å². The molecular formula is C9H7Br2Ru. The molecule has 0 aromatic heterocycles. The van der Waals surface area contributed by atoms with Crippen molar-refractivity contribution in [3.05, 3.63) is 42.5 Å². The van der Waals surface area contributed by atoms with Gasteiger partial charge in [-0.15, -0.1) is 29.7 Å². The summed E-state index contributed by atoms with van der Waals surface area (Å²) >= 11 is 0. The van der Waals surface area contributed by atoms with Gasteiger partial charge in [0.25, 0.3) is 0 Å². The molecule has 12 heavy (non-hydrogen) atoms. The topological polar surface area (TPSA) is 0 Å². The quantitative estimate of drug-likeness (QED) is 0.332. The minimum atomic E-state index is 0. The van der Waals surface area contributed by atoms with Crippen LogP contribution in [0.3, 0.4) is 0 Å². The summed E-state index contributed by atoms with van der Waals surface area (Å²) in [5.74, 6) is 0. The van der Waals surface area contributed by atoms with Gasteiger partial charge in [-0.05, 0) is 0 Å². The van der Waals surface area contributed by atoms with E-state index in [1.807, 2.05) is 0 Å². The molecule has 2 aromatic carbocycles. The predicted molar refractivity (Wildman–Crippen MR) is 39.5 cm³/mol. The first-order valence-electron chi connectivity index (χ1n) is 3.07. The van der Waals surface area contributed by atoms with Gasteiger partial charge in [0.05, 0.1) is 0 Å². The molecule has 0 aliphatic rings. The fourth-order valence-corrected chi connectivity index (χ4v) is 1.07. The third-order valence-corrected chi connectivity index (χ3v) is 1.55. The van der Waals surface area contributed by atoms with E-state index in [-0.39, 0.29) is 53.4 Å². The van der Waals surface area contributed by atoms with Crippen LogP contribution in [0, 0.1) is 0 Å². The van der Waals surface area contributed by atoms with E-state index in [1.165, 1.54) is 10.8 Å². The molecule has 2 aromatic rings. The third-order valence-electron chi connectivity index (χ3n) is 1.55. The van der Waals surface area contributed by atoms with E-state index in [0.717, 1.165) is 0 Å². The first-order valence-corrected chi connectivity index (χ1v) is 3.07. The van der Waals surface area contributed by atoms with Crippen LogP contribution < -0.4 is 34.0 Å². The van der Waals surface area contributed by atoms with Crippen molar-refractivity contribution in [3.63, 3.8) is 0 Å². The van der Waals surface area contributed by atoms with Gasteiger partial charge in [-0.3, -0.25) is 0 Å². The fourth-order valence-electron chi connectivity index (χ4n) is 1.07. The van der Waals surface area contributed by atoms with Gasteiger partial charge in [0.1, 0.15) is 0 Å². The summed E-state index contributed by atoms with van der Waals surface area (Å²) in [5.41, 5.74) is 0. The first-order chi connectivity index (χ1) is 4.47. The summed E-state index contributed by atoms with van der Waals surface area (Å²) in [5, 5.41) is 2.66. The molecule has 0 bridgehead atoms. The molecule has 0 unspecified atom stereocenters. The van der Waals surface area contributed by atoms with Crippen LogP contribution in [0.2, 0.25) is 0 Å². The van der Waals surface area contributed by atoms with Crippen molar-refractivity contribution in [1.29, 1.82) is 0 Å². The van der Waals surface area contributed by atoms with Gasteiger partial charge >= 0.3 is 19.5 Å². The predicted octanol–water partition coefficient (Wildman–Crippen LogP) is -3.44. The molecule has 1 radical (unpaired) electrons. The Morgan fingerprint density at radius 3 is 2.25 bits per heavy atom. The zero-order valence-corrected chi connectivity index (χ0v) is 11.1. The van der Waals surface area contributed by atoms with Gasteiger partial charge in [0.2, 0.25) is 0 Å². The molecular weight excluding hydrogens is 369 g/mol. The van der Waals surface area contributed by atoms with E-state index < -0.39 is 0 Å². The summed E-state index contributed by atoms with van der Waals surface area (Å²) in [7, 11) is 0. The average molecular weight is 376 g/mol. The van der Waals surface area contributed by atoms with Crippen molar-refractivity contribution >= 4 is 10.8 Å². The number of rotatable bonds is 0. The minimum Gasteiger partial charge on any atom is -1.00 e. The molecule has 0 heterocycles. The van der Waals surface area contributed by atoms with Crippen molar-refractivity contribution in [2.45, 2.75) is 0 Å². The molecule has 0 aliphatic heterocycles. The second-order valence-electron chi connectivity index (χ2n) is 2.15. The van der Waals surface area contributed by atoms with Crippen LogP contribution in [0.1, 0.15) is 0 Å². The number of hydrogen-bond acceptors (Lipinski definition) is 0. The number of fused-ring (bicyclic) bond motifs is 1. The van der Waals surface area contributed by atoms with E-state index in [0.29, 0.717) is 0 Å². The molecule has 0 aliphatic carbocycles. The zero-order chi connectivity index (χ0) is 6.10. The average Bonchev–Trinajstić information content (AvgIpc) is 2.33. The van der Waals surface area contributed by atoms with E-state index in [9.17, 15) is 0 Å². The monoisotopic (exact) mass is 375 g/mol. The van der Waals surface area contributed by atoms with Gasteiger partial charge in [0.15, 0.2) is 0 Å². The zero-order valence-electron chi connectivity index (χ0n) is 6.15. The molecule has 2 rings (SSSR count). The standard InChI is InChI=1S/C9H7.2BrH.Ru/c1-2-5-9-7-3-6-8(9)4-1;;;/h1-7H;2*1H;/q-1;;;+3/p-2. The van der Waals surface area contributed by atoms with Gasteiger partial charge in [-0.1, -0.05) is 6.07 Å². The van der Waals surface area contributed by atoms with Gasteiger partial charge in [-0.25, -0.2) is 0 Å². The molecule has 65 valence electrons. The van der Waals surface area contributed by atoms with Crippen molar-refractivity contribution in [1.82, 2.24) is 0 Å². The molecule has 0 N–H and O–H groups in total. The Hall–Kier alpha value is 0.413. The van der Waals surface area contributed by atoms with Crippen molar-refractivity contribution in [2.75, 3.05) is 0 Å². The minimum absolute atomic E-state index is 0. The SMILES string of the molecule is [Br-].[Br-].[Ru+3].c1ccc2[cH-]ccc2c1. The van der Waals surface area contributed by atoms with Crippen LogP contribution in [-0.4, -0.2) is 0 Å². The molecule has 0 fully saturated rings. The van der Waals surface area contributed by atoms with Crippen LogP contribution in [0.15, 0.2) is 42.5 Å². The molecule has 0 spiro atoms. The Morgan fingerprint density at radius 2 is 1.58 bits per heavy atom. The third kappa shape index (κ3) is 3.04. The normalized spacial score (nSPS) is 7.67. The first kappa shape index (κ1) is 14.9. The summed E-state index contributed by atoms with van der Waals surface area (Å²) in [4.78, 5) is 0. The Bertz CT molecular complexity index is 287. The second kappa shape index (κ2) is 6.88. The molecule has 0 amide bonds. The smallest absolute Gasteiger partial charge is 1.00 e. The van der Waals surface area contributed by atoms with Crippen molar-refractivity contribution in [2.24, 2.45) is 0 Å². The van der Waals surface area contributed by atoms with Crippen LogP contribution in [-0.2, 0) is 19.5 Å². The Kier molecular flexibility index (Phi) is 8.55. The van der Waals surface area contributed by atoms with Crippen LogP contribution in [0.25, 0.3) is 10.8 Å². The molecule has 3 heteroatoms. The molecule has 0 saturated heterocycles. The number of halogens is 2.